The normalized spacial score (nSPS) is 11.9. The number of fused-ring (bicyclic) bond motifs is 1. The largest absolute Gasteiger partial charge is 0.417 e. The Balaban J connectivity index is 2.09. The summed E-state index contributed by atoms with van der Waals surface area (Å²) in [7, 11) is -3.99. The van der Waals surface area contributed by atoms with Crippen LogP contribution in [0.1, 0.15) is 5.76 Å². The van der Waals surface area contributed by atoms with Gasteiger partial charge >= 0.3 is 5.76 Å². The van der Waals surface area contributed by atoms with E-state index in [9.17, 15) is 13.2 Å². The Labute approximate surface area is 122 Å². The molecule has 2 heterocycles. The van der Waals surface area contributed by atoms with Crippen LogP contribution in [0.3, 0.4) is 0 Å². The van der Waals surface area contributed by atoms with E-state index < -0.39 is 15.8 Å². The van der Waals surface area contributed by atoms with Gasteiger partial charge in [0.1, 0.15) is 10.7 Å². The zero-order chi connectivity index (χ0) is 15.2. The maximum atomic E-state index is 12.3. The molecule has 0 fully saturated rings. The summed E-state index contributed by atoms with van der Waals surface area (Å²) in [5, 5.41) is 3.47. The standard InChI is InChI=1S/C11H8ClN3O5S/c1-5-2-10(14-20-5)15-21(17,18)9-4-8-7(3-6(9)12)13-11(16)19-8/h2-4H,1H3,(H,13,16)(H,14,15). The lowest BCUT2D eigenvalue weighted by molar-refractivity contribution is 0.400. The molecule has 110 valence electrons. The molecule has 2 N–H and O–H groups in total. The number of hydrogen-bond acceptors (Lipinski definition) is 6. The molecule has 8 nitrogen and oxygen atoms in total. The maximum absolute atomic E-state index is 12.3. The second-order valence-corrected chi connectivity index (χ2v) is 6.28. The molecular weight excluding hydrogens is 322 g/mol. The molecule has 3 rings (SSSR count). The van der Waals surface area contributed by atoms with E-state index in [1.165, 1.54) is 12.1 Å². The van der Waals surface area contributed by atoms with Crippen LogP contribution in [0.25, 0.3) is 11.1 Å². The van der Waals surface area contributed by atoms with Gasteiger partial charge in [-0.25, -0.2) is 13.2 Å². The number of rotatable bonds is 3. The van der Waals surface area contributed by atoms with Crippen molar-refractivity contribution in [2.45, 2.75) is 11.8 Å². The minimum atomic E-state index is -3.99. The topological polar surface area (TPSA) is 118 Å². The molecule has 0 saturated heterocycles. The molecular formula is C11H8ClN3O5S. The third-order valence-corrected chi connectivity index (χ3v) is 4.45. The number of sulfonamides is 1. The molecule has 10 heteroatoms. The number of aromatic amines is 1. The summed E-state index contributed by atoms with van der Waals surface area (Å²) in [6, 6.07) is 3.87. The molecule has 0 aliphatic heterocycles. The van der Waals surface area contributed by atoms with E-state index >= 15 is 0 Å². The lowest BCUT2D eigenvalue weighted by Crippen LogP contribution is -2.13. The number of aromatic nitrogens is 2. The highest BCUT2D eigenvalue weighted by Crippen LogP contribution is 2.27. The van der Waals surface area contributed by atoms with Crippen LogP contribution in [0.15, 0.2) is 36.8 Å². The van der Waals surface area contributed by atoms with E-state index in [0.29, 0.717) is 11.3 Å². The summed E-state index contributed by atoms with van der Waals surface area (Å²) in [5.41, 5.74) is 0.391. The summed E-state index contributed by atoms with van der Waals surface area (Å²) in [5.74, 6) is -0.222. The molecule has 0 bridgehead atoms. The summed E-state index contributed by atoms with van der Waals surface area (Å²) in [6.07, 6.45) is 0. The van der Waals surface area contributed by atoms with E-state index in [1.54, 1.807) is 6.92 Å². The van der Waals surface area contributed by atoms with Gasteiger partial charge in [0, 0.05) is 12.1 Å². The smallest absolute Gasteiger partial charge is 0.408 e. The Morgan fingerprint density at radius 1 is 1.33 bits per heavy atom. The van der Waals surface area contributed by atoms with Gasteiger partial charge in [-0.3, -0.25) is 9.71 Å². The second kappa shape index (κ2) is 4.64. The summed E-state index contributed by atoms with van der Waals surface area (Å²) < 4.78 is 36.4. The van der Waals surface area contributed by atoms with Crippen LogP contribution in [0.2, 0.25) is 5.02 Å². The van der Waals surface area contributed by atoms with Crippen molar-refractivity contribution < 1.29 is 17.4 Å². The molecule has 0 radical (unpaired) electrons. The summed E-state index contributed by atoms with van der Waals surface area (Å²) >= 11 is 5.94. The van der Waals surface area contributed by atoms with E-state index in [1.807, 2.05) is 0 Å². The number of anilines is 1. The monoisotopic (exact) mass is 329 g/mol. The van der Waals surface area contributed by atoms with Crippen molar-refractivity contribution in [3.63, 3.8) is 0 Å². The Morgan fingerprint density at radius 2 is 2.10 bits per heavy atom. The van der Waals surface area contributed by atoms with E-state index in [0.717, 1.165) is 6.07 Å². The lowest BCUT2D eigenvalue weighted by atomic mass is 10.3. The summed E-state index contributed by atoms with van der Waals surface area (Å²) in [4.78, 5) is 13.2. The number of nitrogens with one attached hydrogen (secondary N) is 2. The van der Waals surface area contributed by atoms with Crippen LogP contribution in [0.5, 0.6) is 0 Å². The van der Waals surface area contributed by atoms with E-state index in [-0.39, 0.29) is 21.3 Å². The zero-order valence-electron chi connectivity index (χ0n) is 10.5. The molecule has 3 aromatic rings. The fourth-order valence-electron chi connectivity index (χ4n) is 1.77. The molecule has 0 amide bonds. The average Bonchev–Trinajstić information content (AvgIpc) is 2.92. The van der Waals surface area contributed by atoms with Crippen molar-refractivity contribution in [2.75, 3.05) is 4.72 Å². The molecule has 0 atom stereocenters. The molecule has 1 aromatic carbocycles. The van der Waals surface area contributed by atoms with Crippen molar-refractivity contribution in [2.24, 2.45) is 0 Å². The van der Waals surface area contributed by atoms with Crippen molar-refractivity contribution in [1.82, 2.24) is 10.1 Å². The van der Waals surface area contributed by atoms with Crippen LogP contribution >= 0.6 is 11.6 Å². The number of oxazole rings is 1. The van der Waals surface area contributed by atoms with Crippen LogP contribution in [0.4, 0.5) is 5.82 Å². The molecule has 0 aliphatic rings. The van der Waals surface area contributed by atoms with Gasteiger partial charge in [0.15, 0.2) is 11.4 Å². The first-order valence-electron chi connectivity index (χ1n) is 5.64. The SMILES string of the molecule is Cc1cc(NS(=O)(=O)c2cc3oc(=O)[nH]c3cc2Cl)no1. The number of H-pyrrole nitrogens is 1. The molecule has 0 spiro atoms. The fraction of sp³-hybridized carbons (Fsp3) is 0.0909. The van der Waals surface area contributed by atoms with Gasteiger partial charge in [-0.1, -0.05) is 16.8 Å². The van der Waals surface area contributed by atoms with Gasteiger partial charge in [0.25, 0.3) is 10.0 Å². The number of hydrogen-bond donors (Lipinski definition) is 2. The minimum absolute atomic E-state index is 0.0270. The lowest BCUT2D eigenvalue weighted by Gasteiger charge is -2.06. The third-order valence-electron chi connectivity index (χ3n) is 2.63. The third kappa shape index (κ3) is 2.52. The number of benzene rings is 1. The van der Waals surface area contributed by atoms with Gasteiger partial charge in [-0.2, -0.15) is 0 Å². The number of aryl methyl sites for hydroxylation is 1. The van der Waals surface area contributed by atoms with Crippen molar-refractivity contribution in [3.8, 4) is 0 Å². The predicted molar refractivity (Wildman–Crippen MR) is 73.9 cm³/mol. The molecule has 2 aromatic heterocycles. The maximum Gasteiger partial charge on any atom is 0.417 e. The Kier molecular flexibility index (Phi) is 3.03. The second-order valence-electron chi connectivity index (χ2n) is 4.22. The highest BCUT2D eigenvalue weighted by atomic mass is 35.5. The minimum Gasteiger partial charge on any atom is -0.408 e. The highest BCUT2D eigenvalue weighted by Gasteiger charge is 2.21. The number of halogens is 1. The first-order chi connectivity index (χ1) is 9.85. The van der Waals surface area contributed by atoms with Crippen LogP contribution in [0, 0.1) is 6.92 Å². The first kappa shape index (κ1) is 13.7. The van der Waals surface area contributed by atoms with Gasteiger partial charge < -0.3 is 8.94 Å². The van der Waals surface area contributed by atoms with Gasteiger partial charge in [-0.15, -0.1) is 0 Å². The van der Waals surface area contributed by atoms with Crippen molar-refractivity contribution in [3.05, 3.63) is 39.5 Å². The summed E-state index contributed by atoms with van der Waals surface area (Å²) in [6.45, 7) is 1.62. The first-order valence-corrected chi connectivity index (χ1v) is 7.50. The Hall–Kier alpha value is -2.26. The van der Waals surface area contributed by atoms with Crippen LogP contribution < -0.4 is 10.5 Å². The van der Waals surface area contributed by atoms with E-state index in [4.69, 9.17) is 20.5 Å². The van der Waals surface area contributed by atoms with Crippen molar-refractivity contribution >= 4 is 38.5 Å². The Bertz CT molecular complexity index is 985. The molecule has 0 unspecified atom stereocenters. The molecule has 0 saturated carbocycles. The van der Waals surface area contributed by atoms with E-state index in [2.05, 4.69) is 14.9 Å². The predicted octanol–water partition coefficient (Wildman–Crippen LogP) is 1.87. The molecule has 21 heavy (non-hydrogen) atoms. The average molecular weight is 330 g/mol. The zero-order valence-corrected chi connectivity index (χ0v) is 12.1. The van der Waals surface area contributed by atoms with Gasteiger partial charge in [0.2, 0.25) is 0 Å². The van der Waals surface area contributed by atoms with Crippen molar-refractivity contribution in [1.29, 1.82) is 0 Å². The molecule has 0 aliphatic carbocycles. The number of nitrogens with zero attached hydrogens (tertiary/aromatic N) is 1. The Morgan fingerprint density at radius 3 is 2.76 bits per heavy atom. The van der Waals surface area contributed by atoms with Crippen LogP contribution in [-0.4, -0.2) is 18.6 Å². The van der Waals surface area contributed by atoms with Gasteiger partial charge in [-0.05, 0) is 13.0 Å². The fourth-order valence-corrected chi connectivity index (χ4v) is 3.29. The highest BCUT2D eigenvalue weighted by molar-refractivity contribution is 7.92. The van der Waals surface area contributed by atoms with Crippen LogP contribution in [-0.2, 0) is 10.0 Å². The van der Waals surface area contributed by atoms with Gasteiger partial charge in [0.05, 0.1) is 10.5 Å². The quantitative estimate of drug-likeness (QED) is 0.757.